The molecule has 0 aliphatic heterocycles. The number of hydrogen-bond donors (Lipinski definition) is 0. The van der Waals surface area contributed by atoms with Crippen LogP contribution < -0.4 is 103 Å². The van der Waals surface area contributed by atoms with Crippen molar-refractivity contribution in [3.63, 3.8) is 0 Å². The van der Waals surface area contributed by atoms with Crippen molar-refractivity contribution in [2.75, 3.05) is 0 Å². The summed E-state index contributed by atoms with van der Waals surface area (Å²) in [5.74, 6) is 0. The molecule has 0 nitrogen and oxygen atoms in total. The van der Waals surface area contributed by atoms with Gasteiger partial charge < -0.3 is 35.2 Å². The first-order chi connectivity index (χ1) is 2.27. The van der Waals surface area contributed by atoms with Crippen molar-refractivity contribution in [3.05, 3.63) is 0 Å². The molecule has 0 unspecified atom stereocenters. The van der Waals surface area contributed by atoms with E-state index < -0.39 is 0 Å². The van der Waals surface area contributed by atoms with Crippen molar-refractivity contribution in [2.45, 2.75) is 0 Å². The minimum absolute atomic E-state index is 0. The van der Waals surface area contributed by atoms with E-state index in [1.165, 1.54) is 0 Å². The summed E-state index contributed by atoms with van der Waals surface area (Å²) in [7, 11) is 1.01. The Bertz CT molecular complexity index is 60.7. The molecule has 0 bridgehead atoms. The number of rotatable bonds is 0. The summed E-state index contributed by atoms with van der Waals surface area (Å²) < 4.78 is 0.403. The van der Waals surface area contributed by atoms with Gasteiger partial charge in [-0.3, -0.25) is 14.7 Å². The second-order valence-electron chi connectivity index (χ2n) is 0.333. The summed E-state index contributed by atoms with van der Waals surface area (Å²) in [6, 6.07) is 0. The van der Waals surface area contributed by atoms with Crippen LogP contribution >= 0.6 is 12.2 Å². The van der Waals surface area contributed by atoms with Crippen LogP contribution in [0, 0.1) is 0 Å². The molecule has 0 aliphatic rings. The zero-order chi connectivity index (χ0) is 4.28. The van der Waals surface area contributed by atoms with Gasteiger partial charge >= 0.3 is 103 Å². The van der Waals surface area contributed by atoms with Crippen LogP contribution in [-0.2, 0) is 34.1 Å². The molecule has 30 valence electrons. The summed E-state index contributed by atoms with van der Waals surface area (Å²) in [5, 5.41) is 0. The van der Waals surface area contributed by atoms with Gasteiger partial charge in [0, 0.05) is 0 Å². The Kier molecular flexibility index (Phi) is 31.6. The molecular weight excluding hydrogens is 218 g/mol. The van der Waals surface area contributed by atoms with Gasteiger partial charge in [-0.15, -0.1) is 0 Å². The zero-order valence-electron chi connectivity index (χ0n) is 4.13. The van der Waals surface area contributed by atoms with E-state index in [2.05, 4.69) is 36.0 Å². The third-order valence-corrected chi connectivity index (χ3v) is 1.84. The van der Waals surface area contributed by atoms with Crippen LogP contribution in [0.5, 0.6) is 0 Å². The van der Waals surface area contributed by atoms with Crippen LogP contribution in [0.3, 0.4) is 0 Å². The van der Waals surface area contributed by atoms with Gasteiger partial charge in [-0.25, -0.2) is 0 Å². The summed E-state index contributed by atoms with van der Waals surface area (Å²) in [6.07, 6.45) is 0. The summed E-state index contributed by atoms with van der Waals surface area (Å²) in [4.78, 5) is 0. The van der Waals surface area contributed by atoms with Crippen molar-refractivity contribution in [3.8, 4) is 0 Å². The van der Waals surface area contributed by atoms with Gasteiger partial charge in [-0.05, 0) is 0 Å². The molecule has 0 N–H and O–H groups in total. The fourth-order valence-electron chi connectivity index (χ4n) is 0. The second kappa shape index (κ2) is 12.8. The monoisotopic (exact) mass is 218 g/mol. The van der Waals surface area contributed by atoms with Crippen molar-refractivity contribution < 1.29 is 103 Å². The van der Waals surface area contributed by atoms with E-state index in [0.717, 1.165) is 10.3 Å². The average molecular weight is 218 g/mol. The summed E-state index contributed by atoms with van der Waals surface area (Å²) >= 11 is 13.1. The molecule has 0 heterocycles. The molecule has 0 fully saturated rings. The van der Waals surface area contributed by atoms with Gasteiger partial charge in [0.2, 0.25) is 0 Å². The molecule has 7 heavy (non-hydrogen) atoms. The Labute approximate surface area is 148 Å². The van der Waals surface area contributed by atoms with Gasteiger partial charge in [0.15, 0.2) is 0 Å². The molecular formula is CK2S4. The van der Waals surface area contributed by atoms with Crippen molar-refractivity contribution in [1.29, 1.82) is 0 Å². The van der Waals surface area contributed by atoms with Crippen LogP contribution in [0.4, 0.5) is 0 Å². The molecule has 0 radical (unpaired) electrons. The minimum atomic E-state index is 0. The van der Waals surface area contributed by atoms with E-state index in [9.17, 15) is 0 Å². The first-order valence-electron chi connectivity index (χ1n) is 0.779. The first-order valence-corrected chi connectivity index (χ1v) is 3.34. The molecule has 0 amide bonds. The smallest absolute Gasteiger partial charge is 0.524 e. The fraction of sp³-hybridized carbons (Fsp3) is 0. The van der Waals surface area contributed by atoms with E-state index in [4.69, 9.17) is 0 Å². The molecule has 0 aliphatic carbocycles. The van der Waals surface area contributed by atoms with Gasteiger partial charge in [0.1, 0.15) is 0 Å². The molecule has 0 aromatic carbocycles. The van der Waals surface area contributed by atoms with E-state index in [1.807, 2.05) is 0 Å². The Morgan fingerprint density at radius 2 is 1.57 bits per heavy atom. The second-order valence-corrected chi connectivity index (χ2v) is 3.00. The molecule has 0 atom stereocenters. The van der Waals surface area contributed by atoms with Crippen LogP contribution in [0.1, 0.15) is 0 Å². The molecule has 0 saturated heterocycles. The third kappa shape index (κ3) is 17.8. The molecule has 0 aromatic heterocycles. The van der Waals surface area contributed by atoms with Crippen LogP contribution in [0.25, 0.3) is 0 Å². The van der Waals surface area contributed by atoms with Gasteiger partial charge in [-0.1, -0.05) is 0 Å². The summed E-state index contributed by atoms with van der Waals surface area (Å²) in [6.45, 7) is 0. The maximum atomic E-state index is 4.37. The minimum Gasteiger partial charge on any atom is -0.524 e. The largest absolute Gasteiger partial charge is 1.00 e. The maximum absolute atomic E-state index is 4.37. The topological polar surface area (TPSA) is 0 Å². The van der Waals surface area contributed by atoms with Gasteiger partial charge in [0.05, 0.1) is 0 Å². The fourth-order valence-corrected chi connectivity index (χ4v) is 0. The van der Waals surface area contributed by atoms with Gasteiger partial charge in [0.25, 0.3) is 0 Å². The number of thiocarbonyl (C=S) groups is 1. The van der Waals surface area contributed by atoms with E-state index in [1.54, 1.807) is 0 Å². The number of hydrogen-bond acceptors (Lipinski definition) is 4. The molecule has 0 rings (SSSR count). The van der Waals surface area contributed by atoms with Crippen molar-refractivity contribution in [2.24, 2.45) is 0 Å². The third-order valence-electron chi connectivity index (χ3n) is 0.0680. The van der Waals surface area contributed by atoms with Crippen LogP contribution in [-0.4, -0.2) is 3.53 Å². The molecule has 0 saturated carbocycles. The maximum Gasteiger partial charge on any atom is 1.00 e. The Morgan fingerprint density at radius 3 is 1.57 bits per heavy atom. The van der Waals surface area contributed by atoms with Crippen LogP contribution in [0.2, 0.25) is 0 Å². The predicted molar refractivity (Wildman–Crippen MR) is 34.7 cm³/mol. The van der Waals surface area contributed by atoms with E-state index >= 15 is 0 Å². The normalized spacial score (nSPS) is 5.14. The van der Waals surface area contributed by atoms with Crippen LogP contribution in [0.15, 0.2) is 0 Å². The Hall–Kier alpha value is 4.15. The molecule has 6 heteroatoms. The Morgan fingerprint density at radius 1 is 1.43 bits per heavy atom. The van der Waals surface area contributed by atoms with E-state index in [0.29, 0.717) is 3.53 Å². The van der Waals surface area contributed by atoms with Gasteiger partial charge in [-0.2, -0.15) is 0 Å². The zero-order valence-corrected chi connectivity index (χ0v) is 13.6. The quantitative estimate of drug-likeness (QED) is 0.226. The van der Waals surface area contributed by atoms with Crippen molar-refractivity contribution >= 4 is 49.9 Å². The van der Waals surface area contributed by atoms with Crippen molar-refractivity contribution in [1.82, 2.24) is 0 Å². The summed E-state index contributed by atoms with van der Waals surface area (Å²) in [5.41, 5.74) is 0. The standard InChI is InChI=1S/CHS4.2K/c2-1(3)5-4;;/h(H,2,3);;/q-1;2*+1/p-1. The van der Waals surface area contributed by atoms with E-state index in [-0.39, 0.29) is 103 Å². The average Bonchev–Trinajstić information content (AvgIpc) is 1.38. The predicted octanol–water partition coefficient (Wildman–Crippen LogP) is -5.63. The Balaban J connectivity index is -0.0000000800. The molecule has 0 aromatic rings. The SMILES string of the molecule is S=[S-]C(=S)[S-].[K+].[K+]. The first kappa shape index (κ1) is 17.3. The molecule has 0 spiro atoms.